The lowest BCUT2D eigenvalue weighted by Crippen LogP contribution is -2.21. The largest absolute Gasteiger partial charge is 0.399 e. The van der Waals surface area contributed by atoms with Gasteiger partial charge in [-0.3, -0.25) is 4.79 Å². The molecule has 0 aliphatic carbocycles. The lowest BCUT2D eigenvalue weighted by molar-refractivity contribution is 0.639. The molecule has 82 valence electrons. The molecule has 0 aliphatic rings. The number of hydrogen-bond acceptors (Lipinski definition) is 3. The van der Waals surface area contributed by atoms with Gasteiger partial charge in [-0.1, -0.05) is 17.7 Å². The Morgan fingerprint density at radius 3 is 2.88 bits per heavy atom. The van der Waals surface area contributed by atoms with Crippen molar-refractivity contribution in [2.75, 3.05) is 5.73 Å². The van der Waals surface area contributed by atoms with Crippen LogP contribution in [0, 0.1) is 0 Å². The lowest BCUT2D eigenvalue weighted by Gasteiger charge is -2.06. The molecule has 0 aliphatic heterocycles. The number of nitrogen functional groups attached to an aromatic ring is 1. The Hall–Kier alpha value is -1.81. The quantitative estimate of drug-likeness (QED) is 0.803. The SMILES string of the molecule is Nc1ccc(Cn2ncccc2=O)c(Cl)c1. The lowest BCUT2D eigenvalue weighted by atomic mass is 10.2. The van der Waals surface area contributed by atoms with E-state index < -0.39 is 0 Å². The first-order valence-corrected chi connectivity index (χ1v) is 5.10. The van der Waals surface area contributed by atoms with Crippen molar-refractivity contribution in [3.8, 4) is 0 Å². The van der Waals surface area contributed by atoms with Crippen LogP contribution in [0.2, 0.25) is 5.02 Å². The van der Waals surface area contributed by atoms with Crippen LogP contribution in [0.25, 0.3) is 0 Å². The van der Waals surface area contributed by atoms with Crippen LogP contribution in [0.5, 0.6) is 0 Å². The second-order valence-electron chi connectivity index (χ2n) is 3.37. The summed E-state index contributed by atoms with van der Waals surface area (Å²) in [6, 6.07) is 8.25. The summed E-state index contributed by atoms with van der Waals surface area (Å²) in [7, 11) is 0. The first-order chi connectivity index (χ1) is 7.66. The van der Waals surface area contributed by atoms with Crippen molar-refractivity contribution in [3.05, 3.63) is 57.5 Å². The summed E-state index contributed by atoms with van der Waals surface area (Å²) in [4.78, 5) is 11.4. The van der Waals surface area contributed by atoms with Gasteiger partial charge in [0.2, 0.25) is 0 Å². The molecule has 0 spiro atoms. The predicted octanol–water partition coefficient (Wildman–Crippen LogP) is 1.53. The van der Waals surface area contributed by atoms with Gasteiger partial charge in [0.1, 0.15) is 0 Å². The van der Waals surface area contributed by atoms with E-state index in [1.807, 2.05) is 0 Å². The second-order valence-corrected chi connectivity index (χ2v) is 3.78. The molecule has 0 atom stereocenters. The van der Waals surface area contributed by atoms with E-state index in [0.29, 0.717) is 17.3 Å². The summed E-state index contributed by atoms with van der Waals surface area (Å²) in [5.41, 5.74) is 6.84. The van der Waals surface area contributed by atoms with Crippen LogP contribution in [0.3, 0.4) is 0 Å². The van der Waals surface area contributed by atoms with Gasteiger partial charge < -0.3 is 5.73 Å². The molecule has 0 amide bonds. The number of nitrogens with two attached hydrogens (primary N) is 1. The minimum atomic E-state index is -0.157. The molecule has 1 aromatic carbocycles. The van der Waals surface area contributed by atoms with Crippen LogP contribution >= 0.6 is 11.6 Å². The molecular formula is C11H10ClN3O. The molecule has 0 unspecified atom stereocenters. The van der Waals surface area contributed by atoms with Crippen molar-refractivity contribution in [1.82, 2.24) is 9.78 Å². The van der Waals surface area contributed by atoms with Gasteiger partial charge in [0.15, 0.2) is 0 Å². The zero-order valence-electron chi connectivity index (χ0n) is 8.43. The second kappa shape index (κ2) is 4.37. The molecule has 0 bridgehead atoms. The van der Waals surface area contributed by atoms with Gasteiger partial charge >= 0.3 is 0 Å². The fraction of sp³-hybridized carbons (Fsp3) is 0.0909. The highest BCUT2D eigenvalue weighted by molar-refractivity contribution is 6.31. The zero-order chi connectivity index (χ0) is 11.5. The van der Waals surface area contributed by atoms with E-state index in [4.69, 9.17) is 17.3 Å². The van der Waals surface area contributed by atoms with Crippen LogP contribution < -0.4 is 11.3 Å². The smallest absolute Gasteiger partial charge is 0.267 e. The average molecular weight is 236 g/mol. The molecule has 2 N–H and O–H groups in total. The van der Waals surface area contributed by atoms with Crippen molar-refractivity contribution in [2.45, 2.75) is 6.54 Å². The Balaban J connectivity index is 2.35. The van der Waals surface area contributed by atoms with E-state index in [1.54, 1.807) is 30.5 Å². The molecular weight excluding hydrogens is 226 g/mol. The van der Waals surface area contributed by atoms with E-state index in [0.717, 1.165) is 5.56 Å². The van der Waals surface area contributed by atoms with Gasteiger partial charge in [-0.15, -0.1) is 0 Å². The monoisotopic (exact) mass is 235 g/mol. The number of rotatable bonds is 2. The minimum Gasteiger partial charge on any atom is -0.399 e. The number of benzene rings is 1. The third-order valence-corrected chi connectivity index (χ3v) is 2.53. The van der Waals surface area contributed by atoms with Gasteiger partial charge in [0.05, 0.1) is 6.54 Å². The first-order valence-electron chi connectivity index (χ1n) is 4.73. The average Bonchev–Trinajstić information content (AvgIpc) is 2.25. The topological polar surface area (TPSA) is 60.9 Å². The molecule has 1 heterocycles. The number of hydrogen-bond donors (Lipinski definition) is 1. The number of aromatic nitrogens is 2. The van der Waals surface area contributed by atoms with Crippen LogP contribution in [0.1, 0.15) is 5.56 Å². The third-order valence-electron chi connectivity index (χ3n) is 2.18. The van der Waals surface area contributed by atoms with Crippen molar-refractivity contribution < 1.29 is 0 Å². The Morgan fingerprint density at radius 2 is 2.19 bits per heavy atom. The van der Waals surface area contributed by atoms with Crippen LogP contribution in [-0.2, 0) is 6.54 Å². The molecule has 16 heavy (non-hydrogen) atoms. The fourth-order valence-corrected chi connectivity index (χ4v) is 1.61. The van der Waals surface area contributed by atoms with E-state index in [1.165, 1.54) is 10.7 Å². The normalized spacial score (nSPS) is 10.3. The Kier molecular flexibility index (Phi) is 2.92. The van der Waals surface area contributed by atoms with Crippen LogP contribution in [0.4, 0.5) is 5.69 Å². The predicted molar refractivity (Wildman–Crippen MR) is 63.5 cm³/mol. The summed E-state index contributed by atoms with van der Waals surface area (Å²) in [5.74, 6) is 0. The molecule has 0 fully saturated rings. The number of nitrogens with zero attached hydrogens (tertiary/aromatic N) is 2. The van der Waals surface area contributed by atoms with Gasteiger partial charge in [-0.2, -0.15) is 5.10 Å². The minimum absolute atomic E-state index is 0.157. The maximum absolute atomic E-state index is 11.4. The molecule has 0 saturated carbocycles. The number of halogens is 1. The van der Waals surface area contributed by atoms with Gasteiger partial charge in [-0.25, -0.2) is 4.68 Å². The van der Waals surface area contributed by atoms with Crippen LogP contribution in [-0.4, -0.2) is 9.78 Å². The third kappa shape index (κ3) is 2.23. The molecule has 2 rings (SSSR count). The Labute approximate surface area is 97.3 Å². The van der Waals surface area contributed by atoms with Gasteiger partial charge in [-0.05, 0) is 23.8 Å². The fourth-order valence-electron chi connectivity index (χ4n) is 1.36. The van der Waals surface area contributed by atoms with Crippen molar-refractivity contribution in [2.24, 2.45) is 0 Å². The van der Waals surface area contributed by atoms with Crippen molar-refractivity contribution >= 4 is 17.3 Å². The summed E-state index contributed by atoms with van der Waals surface area (Å²) in [6.45, 7) is 0.346. The van der Waals surface area contributed by atoms with E-state index in [-0.39, 0.29) is 5.56 Å². The van der Waals surface area contributed by atoms with Crippen molar-refractivity contribution in [1.29, 1.82) is 0 Å². The molecule has 1 aromatic heterocycles. The highest BCUT2D eigenvalue weighted by atomic mass is 35.5. The van der Waals surface area contributed by atoms with E-state index >= 15 is 0 Å². The summed E-state index contributed by atoms with van der Waals surface area (Å²) in [5, 5.41) is 4.49. The van der Waals surface area contributed by atoms with Gasteiger partial charge in [0, 0.05) is 23.0 Å². The maximum atomic E-state index is 11.4. The molecule has 4 nitrogen and oxygen atoms in total. The Morgan fingerprint density at radius 1 is 1.38 bits per heavy atom. The molecule has 0 saturated heterocycles. The van der Waals surface area contributed by atoms with E-state index in [2.05, 4.69) is 5.10 Å². The highest BCUT2D eigenvalue weighted by Gasteiger charge is 2.03. The first kappa shape index (κ1) is 10.7. The standard InChI is InChI=1S/C11H10ClN3O/c12-10-6-9(13)4-3-8(10)7-15-11(16)2-1-5-14-15/h1-6H,7,13H2. The van der Waals surface area contributed by atoms with Crippen molar-refractivity contribution in [3.63, 3.8) is 0 Å². The van der Waals surface area contributed by atoms with Crippen LogP contribution in [0.15, 0.2) is 41.3 Å². The van der Waals surface area contributed by atoms with Gasteiger partial charge in [0.25, 0.3) is 5.56 Å². The molecule has 5 heteroatoms. The highest BCUT2D eigenvalue weighted by Crippen LogP contribution is 2.19. The summed E-state index contributed by atoms with van der Waals surface area (Å²) in [6.07, 6.45) is 1.56. The Bertz CT molecular complexity index is 565. The molecule has 2 aromatic rings. The van der Waals surface area contributed by atoms with E-state index in [9.17, 15) is 4.79 Å². The number of anilines is 1. The molecule has 0 radical (unpaired) electrons. The summed E-state index contributed by atoms with van der Waals surface area (Å²) >= 11 is 6.01. The maximum Gasteiger partial charge on any atom is 0.267 e. The zero-order valence-corrected chi connectivity index (χ0v) is 9.19. The summed E-state index contributed by atoms with van der Waals surface area (Å²) < 4.78 is 1.34.